The van der Waals surface area contributed by atoms with Crippen LogP contribution in [0.5, 0.6) is 0 Å². The molecule has 0 N–H and O–H groups in total. The minimum Gasteiger partial charge on any atom is -0.172 e. The van der Waals surface area contributed by atoms with Crippen LogP contribution in [0.15, 0.2) is 48.5 Å². The molecule has 112 valence electrons. The van der Waals surface area contributed by atoms with E-state index in [0.717, 1.165) is 27.8 Å². The van der Waals surface area contributed by atoms with Crippen LogP contribution >= 0.6 is 59.5 Å². The molecule has 0 aliphatic rings. The van der Waals surface area contributed by atoms with Crippen molar-refractivity contribution in [2.75, 3.05) is 0 Å². The standard InChI is InChI=1S/C16H11Br3N2S/c17-9-10-1-3-11(4-2-10)14-15(21-22-20-14)12-5-7-13(8-6-12)16(18)19/h1-8,16H,9H2. The minimum atomic E-state index is 0.166. The molecule has 0 unspecified atom stereocenters. The zero-order valence-electron chi connectivity index (χ0n) is 11.3. The van der Waals surface area contributed by atoms with Crippen molar-refractivity contribution >= 4 is 59.5 Å². The van der Waals surface area contributed by atoms with Gasteiger partial charge in [-0.05, 0) is 11.1 Å². The summed E-state index contributed by atoms with van der Waals surface area (Å²) in [6.45, 7) is 0. The molecule has 2 nitrogen and oxygen atoms in total. The summed E-state index contributed by atoms with van der Waals surface area (Å²) < 4.78 is 9.12. The Hall–Kier alpha value is -0.560. The number of benzene rings is 2. The molecule has 0 spiro atoms. The van der Waals surface area contributed by atoms with Gasteiger partial charge in [0.25, 0.3) is 0 Å². The summed E-state index contributed by atoms with van der Waals surface area (Å²) in [5, 5.41) is 0.858. The number of aromatic nitrogens is 2. The smallest absolute Gasteiger partial charge is 0.112 e. The Bertz CT molecular complexity index is 752. The Morgan fingerprint density at radius 2 is 1.32 bits per heavy atom. The first kappa shape index (κ1) is 16.3. The van der Waals surface area contributed by atoms with Crippen LogP contribution in [-0.4, -0.2) is 8.75 Å². The lowest BCUT2D eigenvalue weighted by Gasteiger charge is -2.05. The van der Waals surface area contributed by atoms with Crippen molar-refractivity contribution in [1.29, 1.82) is 0 Å². The van der Waals surface area contributed by atoms with Crippen molar-refractivity contribution in [1.82, 2.24) is 8.75 Å². The Balaban J connectivity index is 1.97. The van der Waals surface area contributed by atoms with Gasteiger partial charge in [0, 0.05) is 16.5 Å². The first-order valence-corrected chi connectivity index (χ1v) is 10.2. The van der Waals surface area contributed by atoms with Gasteiger partial charge in [-0.15, -0.1) is 0 Å². The molecule has 0 fully saturated rings. The van der Waals surface area contributed by atoms with E-state index >= 15 is 0 Å². The van der Waals surface area contributed by atoms with E-state index in [9.17, 15) is 0 Å². The Labute approximate surface area is 158 Å². The quantitative estimate of drug-likeness (QED) is 0.378. The van der Waals surface area contributed by atoms with Crippen LogP contribution in [0.1, 0.15) is 14.9 Å². The molecule has 0 aliphatic carbocycles. The highest BCUT2D eigenvalue weighted by atomic mass is 79.9. The third kappa shape index (κ3) is 3.50. The van der Waals surface area contributed by atoms with Crippen LogP contribution in [0.25, 0.3) is 22.5 Å². The molecule has 0 radical (unpaired) electrons. The third-order valence-electron chi connectivity index (χ3n) is 3.31. The van der Waals surface area contributed by atoms with Gasteiger partial charge in [0.15, 0.2) is 0 Å². The molecule has 0 atom stereocenters. The van der Waals surface area contributed by atoms with Crippen molar-refractivity contribution < 1.29 is 0 Å². The van der Waals surface area contributed by atoms with Crippen molar-refractivity contribution in [3.63, 3.8) is 0 Å². The molecule has 0 saturated carbocycles. The molecule has 3 rings (SSSR count). The van der Waals surface area contributed by atoms with Gasteiger partial charge in [0.1, 0.15) is 11.4 Å². The molecule has 6 heteroatoms. The van der Waals surface area contributed by atoms with Gasteiger partial charge in [-0.1, -0.05) is 96.3 Å². The fraction of sp³-hybridized carbons (Fsp3) is 0.125. The van der Waals surface area contributed by atoms with Gasteiger partial charge in [-0.25, -0.2) is 0 Å². The van der Waals surface area contributed by atoms with Gasteiger partial charge in [0.05, 0.1) is 15.5 Å². The van der Waals surface area contributed by atoms with Gasteiger partial charge in [0.2, 0.25) is 0 Å². The summed E-state index contributed by atoms with van der Waals surface area (Å²) in [6.07, 6.45) is 0. The highest BCUT2D eigenvalue weighted by molar-refractivity contribution is 9.24. The maximum absolute atomic E-state index is 4.48. The summed E-state index contributed by atoms with van der Waals surface area (Å²) in [6, 6.07) is 16.7. The SMILES string of the molecule is BrCc1ccc(-c2nsnc2-c2ccc(C(Br)Br)cc2)cc1. The van der Waals surface area contributed by atoms with E-state index in [1.54, 1.807) is 0 Å². The number of rotatable bonds is 4. The molecule has 0 aliphatic heterocycles. The van der Waals surface area contributed by atoms with Crippen LogP contribution in [0, 0.1) is 0 Å². The van der Waals surface area contributed by atoms with Gasteiger partial charge in [-0.2, -0.15) is 8.75 Å². The number of alkyl halides is 3. The summed E-state index contributed by atoms with van der Waals surface area (Å²) in [5.74, 6) is 0. The molecule has 0 saturated heterocycles. The first-order chi connectivity index (χ1) is 10.7. The predicted octanol–water partition coefficient (Wildman–Crippen LogP) is 6.56. The first-order valence-electron chi connectivity index (χ1n) is 6.55. The lowest BCUT2D eigenvalue weighted by atomic mass is 10.0. The Morgan fingerprint density at radius 1 is 0.818 bits per heavy atom. The molecular weight excluding hydrogens is 492 g/mol. The van der Waals surface area contributed by atoms with Crippen molar-refractivity contribution in [2.45, 2.75) is 9.07 Å². The zero-order chi connectivity index (χ0) is 15.5. The molecule has 22 heavy (non-hydrogen) atoms. The average molecular weight is 503 g/mol. The monoisotopic (exact) mass is 500 g/mol. The highest BCUT2D eigenvalue weighted by Gasteiger charge is 2.13. The van der Waals surface area contributed by atoms with Crippen molar-refractivity contribution in [3.8, 4) is 22.5 Å². The lowest BCUT2D eigenvalue weighted by molar-refractivity contribution is 1.40. The molecule has 0 bridgehead atoms. The third-order valence-corrected chi connectivity index (χ3v) is 5.54. The summed E-state index contributed by atoms with van der Waals surface area (Å²) in [5.41, 5.74) is 6.47. The maximum Gasteiger partial charge on any atom is 0.112 e. The van der Waals surface area contributed by atoms with E-state index in [-0.39, 0.29) is 3.74 Å². The largest absolute Gasteiger partial charge is 0.172 e. The van der Waals surface area contributed by atoms with Crippen molar-refractivity contribution in [2.24, 2.45) is 0 Å². The lowest BCUT2D eigenvalue weighted by Crippen LogP contribution is -1.86. The number of hydrogen-bond donors (Lipinski definition) is 0. The summed E-state index contributed by atoms with van der Waals surface area (Å²) in [4.78, 5) is 0. The van der Waals surface area contributed by atoms with E-state index in [1.165, 1.54) is 22.9 Å². The molecule has 0 amide bonds. The average Bonchev–Trinajstić information content (AvgIpc) is 3.04. The second-order valence-electron chi connectivity index (χ2n) is 4.71. The van der Waals surface area contributed by atoms with Crippen LogP contribution in [0.4, 0.5) is 0 Å². The predicted molar refractivity (Wildman–Crippen MR) is 104 cm³/mol. The van der Waals surface area contributed by atoms with Crippen LogP contribution in [0.2, 0.25) is 0 Å². The van der Waals surface area contributed by atoms with E-state index in [1.807, 2.05) is 0 Å². The van der Waals surface area contributed by atoms with Crippen LogP contribution in [0.3, 0.4) is 0 Å². The van der Waals surface area contributed by atoms with E-state index in [4.69, 9.17) is 0 Å². The summed E-state index contributed by atoms with van der Waals surface area (Å²) in [7, 11) is 0. The van der Waals surface area contributed by atoms with Gasteiger partial charge < -0.3 is 0 Å². The van der Waals surface area contributed by atoms with E-state index < -0.39 is 0 Å². The Morgan fingerprint density at radius 3 is 1.77 bits per heavy atom. The molecule has 2 aromatic carbocycles. The van der Waals surface area contributed by atoms with Crippen LogP contribution in [-0.2, 0) is 5.33 Å². The van der Waals surface area contributed by atoms with Crippen molar-refractivity contribution in [3.05, 3.63) is 59.7 Å². The minimum absolute atomic E-state index is 0.166. The maximum atomic E-state index is 4.48. The molecular formula is C16H11Br3N2S. The highest BCUT2D eigenvalue weighted by Crippen LogP contribution is 2.33. The molecule has 3 aromatic rings. The second-order valence-corrected chi connectivity index (χ2v) is 8.86. The topological polar surface area (TPSA) is 25.8 Å². The molecule has 1 aromatic heterocycles. The zero-order valence-corrected chi connectivity index (χ0v) is 16.9. The number of halogens is 3. The van der Waals surface area contributed by atoms with E-state index in [0.29, 0.717) is 0 Å². The molecule has 1 heterocycles. The second kappa shape index (κ2) is 7.34. The fourth-order valence-corrected chi connectivity index (χ4v) is 3.68. The number of nitrogens with zero attached hydrogens (tertiary/aromatic N) is 2. The van der Waals surface area contributed by atoms with Gasteiger partial charge >= 0.3 is 0 Å². The number of hydrogen-bond acceptors (Lipinski definition) is 3. The fourth-order valence-electron chi connectivity index (χ4n) is 2.11. The van der Waals surface area contributed by atoms with Crippen LogP contribution < -0.4 is 0 Å². The van der Waals surface area contributed by atoms with Gasteiger partial charge in [-0.3, -0.25) is 0 Å². The normalized spacial score (nSPS) is 11.1. The summed E-state index contributed by atoms with van der Waals surface area (Å²) >= 11 is 11.7. The van der Waals surface area contributed by atoms with E-state index in [2.05, 4.69) is 105 Å². The Kier molecular flexibility index (Phi) is 5.44.